The minimum Gasteiger partial charge on any atom is -0.392 e. The number of hydrogen-bond acceptors (Lipinski definition) is 8. The van der Waals surface area contributed by atoms with Crippen LogP contribution in [0.1, 0.15) is 36.1 Å². The monoisotopic (exact) mass is 500 g/mol. The van der Waals surface area contributed by atoms with E-state index >= 15 is 0 Å². The average molecular weight is 501 g/mol. The van der Waals surface area contributed by atoms with Crippen molar-refractivity contribution < 1.29 is 9.90 Å². The molecule has 184 valence electrons. The fourth-order valence-corrected chi connectivity index (χ4v) is 6.68. The molecule has 8 aliphatic rings. The Hall–Kier alpha value is -4.57. The lowest BCUT2D eigenvalue weighted by Crippen LogP contribution is -2.32. The van der Waals surface area contributed by atoms with Gasteiger partial charge in [-0.15, -0.1) is 0 Å². The normalized spacial score (nSPS) is 28.3. The highest BCUT2D eigenvalue weighted by Crippen LogP contribution is 2.51. The Morgan fingerprint density at radius 3 is 1.74 bits per heavy atom. The second-order valence-corrected chi connectivity index (χ2v) is 10.5. The molecule has 0 fully saturated rings. The van der Waals surface area contributed by atoms with Crippen molar-refractivity contribution in [1.29, 1.82) is 0 Å². The van der Waals surface area contributed by atoms with Crippen molar-refractivity contribution in [2.45, 2.75) is 18.9 Å². The van der Waals surface area contributed by atoms with E-state index < -0.39 is 6.10 Å². The lowest BCUT2D eigenvalue weighted by atomic mass is 9.70. The maximum absolute atomic E-state index is 12.8. The third-order valence-electron chi connectivity index (χ3n) is 8.33. The van der Waals surface area contributed by atoms with Gasteiger partial charge in [-0.25, -0.2) is 29.9 Å². The van der Waals surface area contributed by atoms with Crippen LogP contribution in [0.2, 0.25) is 0 Å². The van der Waals surface area contributed by atoms with Crippen LogP contribution >= 0.6 is 0 Å². The molecule has 5 heterocycles. The van der Waals surface area contributed by atoms with Crippen LogP contribution in [-0.2, 0) is 4.79 Å². The van der Waals surface area contributed by atoms with Crippen molar-refractivity contribution in [3.63, 3.8) is 0 Å². The van der Waals surface area contributed by atoms with E-state index in [0.717, 1.165) is 22.3 Å². The first-order chi connectivity index (χ1) is 18.6. The van der Waals surface area contributed by atoms with Gasteiger partial charge in [0.05, 0.1) is 12.0 Å². The fraction of sp³-hybridized carbons (Fsp3) is 0.250. The molecule has 0 spiro atoms. The number of carbonyl (C=O) groups excluding carboxylic acids is 1. The number of carbonyl (C=O) groups is 1. The third-order valence-corrected chi connectivity index (χ3v) is 8.33. The molecule has 5 atom stereocenters. The number of nitrogens with zero attached hydrogens (tertiary/aromatic N) is 6. The van der Waals surface area contributed by atoms with Gasteiger partial charge in [-0.3, -0.25) is 4.79 Å². The van der Waals surface area contributed by atoms with Crippen molar-refractivity contribution in [3.05, 3.63) is 71.9 Å². The van der Waals surface area contributed by atoms with Gasteiger partial charge in [0.25, 0.3) is 0 Å². The number of hydrogen-bond donors (Lipinski definition) is 3. The molecule has 6 aliphatic carbocycles. The highest BCUT2D eigenvalue weighted by atomic mass is 16.3. The van der Waals surface area contributed by atoms with E-state index in [1.54, 1.807) is 0 Å². The van der Waals surface area contributed by atoms with Crippen LogP contribution in [-0.4, -0.2) is 56.9 Å². The molecule has 38 heavy (non-hydrogen) atoms. The molecule has 3 aromatic heterocycles. The summed E-state index contributed by atoms with van der Waals surface area (Å²) in [5, 5.41) is 10.7. The molecule has 12 bridgehead atoms. The van der Waals surface area contributed by atoms with Crippen molar-refractivity contribution in [2.75, 3.05) is 0 Å². The molecular formula is C28H20N8O2. The first kappa shape index (κ1) is 20.5. The maximum Gasteiger partial charge on any atom is 0.161 e. The SMILES string of the molecule is O=C1CC2C=CC1C1=C2c2nc1nc1ccc(nc3nc(nc4ccc(n2)[nH]4)C2=C3C3C=CC2C(O)C3)[nH]1. The summed E-state index contributed by atoms with van der Waals surface area (Å²) >= 11 is 0. The molecule has 5 unspecified atom stereocenters. The van der Waals surface area contributed by atoms with E-state index in [1.165, 1.54) is 0 Å². The highest BCUT2D eigenvalue weighted by molar-refractivity contribution is 6.09. The molecule has 0 saturated carbocycles. The van der Waals surface area contributed by atoms with Gasteiger partial charge in [-0.1, -0.05) is 24.3 Å². The van der Waals surface area contributed by atoms with Crippen LogP contribution in [0.25, 0.3) is 44.9 Å². The van der Waals surface area contributed by atoms with E-state index in [2.05, 4.69) is 28.2 Å². The fourth-order valence-electron chi connectivity index (χ4n) is 6.68. The van der Waals surface area contributed by atoms with E-state index in [4.69, 9.17) is 29.9 Å². The standard InChI is InChI=1S/C28H20N8O2/c37-15-9-11-1-3-13(15)23-21(11)25-31-17-5-7-20(29-17)34-28-24-14-4-2-12(10-16(14)38)22(24)26(36-28)32-18-6-8-19(30-18)33-27(23)35-25/h1-8,11-15,37H,9-10H2,(H2,29,30,31,32,33,34,35,36). The number of ketones is 1. The Morgan fingerprint density at radius 2 is 1.16 bits per heavy atom. The molecule has 10 heteroatoms. The summed E-state index contributed by atoms with van der Waals surface area (Å²) in [5.74, 6) is 1.89. The van der Waals surface area contributed by atoms with Crippen LogP contribution in [0.4, 0.5) is 0 Å². The molecule has 0 aromatic carbocycles. The van der Waals surface area contributed by atoms with Crippen LogP contribution in [0.5, 0.6) is 0 Å². The van der Waals surface area contributed by atoms with E-state index in [9.17, 15) is 9.90 Å². The topological polar surface area (TPSA) is 146 Å². The summed E-state index contributed by atoms with van der Waals surface area (Å²) in [4.78, 5) is 48.2. The van der Waals surface area contributed by atoms with Crippen molar-refractivity contribution in [2.24, 2.45) is 23.7 Å². The summed E-state index contributed by atoms with van der Waals surface area (Å²) in [6.45, 7) is 0. The number of aromatic amines is 2. The van der Waals surface area contributed by atoms with Crippen molar-refractivity contribution in [3.8, 4) is 0 Å². The minimum absolute atomic E-state index is 0.0368. The molecule has 2 aliphatic heterocycles. The van der Waals surface area contributed by atoms with Gasteiger partial charge in [0.2, 0.25) is 0 Å². The molecule has 3 N–H and O–H groups in total. The van der Waals surface area contributed by atoms with Gasteiger partial charge < -0.3 is 15.1 Å². The number of fused-ring (bicyclic) bond motifs is 10. The summed E-state index contributed by atoms with van der Waals surface area (Å²) < 4.78 is 0. The predicted octanol–water partition coefficient (Wildman–Crippen LogP) is 3.06. The molecule has 10 nitrogen and oxygen atoms in total. The summed E-state index contributed by atoms with van der Waals surface area (Å²) in [5.41, 5.74) is 6.18. The smallest absolute Gasteiger partial charge is 0.161 e. The minimum atomic E-state index is -0.470. The van der Waals surface area contributed by atoms with Gasteiger partial charge in [0.15, 0.2) is 23.3 Å². The zero-order valence-electron chi connectivity index (χ0n) is 20.0. The summed E-state index contributed by atoms with van der Waals surface area (Å²) in [7, 11) is 0. The van der Waals surface area contributed by atoms with Gasteiger partial charge in [0.1, 0.15) is 28.4 Å². The van der Waals surface area contributed by atoms with Gasteiger partial charge in [-0.05, 0) is 30.7 Å². The number of nitrogens with one attached hydrogen (secondary N) is 2. The Morgan fingerprint density at radius 1 is 0.632 bits per heavy atom. The van der Waals surface area contributed by atoms with E-state index in [0.29, 0.717) is 58.7 Å². The predicted molar refractivity (Wildman–Crippen MR) is 138 cm³/mol. The number of aliphatic hydroxyl groups is 1. The van der Waals surface area contributed by atoms with Crippen LogP contribution in [0.15, 0.2) is 48.6 Å². The number of aliphatic hydroxyl groups excluding tert-OH is 1. The lowest BCUT2D eigenvalue weighted by molar-refractivity contribution is -0.121. The second-order valence-electron chi connectivity index (χ2n) is 10.5. The van der Waals surface area contributed by atoms with Gasteiger partial charge in [-0.2, -0.15) is 0 Å². The largest absolute Gasteiger partial charge is 0.392 e. The number of H-pyrrole nitrogens is 2. The molecule has 0 radical (unpaired) electrons. The number of rotatable bonds is 0. The van der Waals surface area contributed by atoms with Gasteiger partial charge in [0, 0.05) is 46.5 Å². The third kappa shape index (κ3) is 2.72. The second kappa shape index (κ2) is 7.05. The maximum atomic E-state index is 12.8. The quantitative estimate of drug-likeness (QED) is 0.399. The highest BCUT2D eigenvalue weighted by Gasteiger charge is 2.44. The zero-order valence-corrected chi connectivity index (χ0v) is 20.0. The van der Waals surface area contributed by atoms with Gasteiger partial charge >= 0.3 is 0 Å². The number of allylic oxidation sites excluding steroid dienone is 6. The first-order valence-corrected chi connectivity index (χ1v) is 12.8. The van der Waals surface area contributed by atoms with Crippen molar-refractivity contribution >= 4 is 50.7 Å². The zero-order chi connectivity index (χ0) is 25.1. The average Bonchev–Trinajstić information content (AvgIpc) is 3.69. The lowest BCUT2D eigenvalue weighted by Gasteiger charge is -2.35. The van der Waals surface area contributed by atoms with E-state index in [-0.39, 0.29) is 29.5 Å². The molecule has 3 aromatic rings. The van der Waals surface area contributed by atoms with Crippen LogP contribution < -0.4 is 0 Å². The van der Waals surface area contributed by atoms with Crippen molar-refractivity contribution in [1.82, 2.24) is 39.9 Å². The Balaban J connectivity index is 1.34. The first-order valence-electron chi connectivity index (χ1n) is 12.8. The Labute approximate surface area is 215 Å². The molecule has 11 rings (SSSR count). The summed E-state index contributed by atoms with van der Waals surface area (Å²) in [6.07, 6.45) is 8.87. The Kier molecular flexibility index (Phi) is 3.80. The molecule has 0 saturated heterocycles. The Bertz CT molecular complexity index is 1880. The van der Waals surface area contributed by atoms with Crippen LogP contribution in [0, 0.1) is 23.7 Å². The number of aromatic nitrogens is 8. The molecular weight excluding hydrogens is 480 g/mol. The summed E-state index contributed by atoms with van der Waals surface area (Å²) in [6, 6.07) is 7.42. The van der Waals surface area contributed by atoms with Crippen LogP contribution in [0.3, 0.4) is 0 Å². The molecule has 0 amide bonds. The number of Topliss-reactive ketones (excluding diaryl/α,β-unsaturated/α-hetero) is 1. The van der Waals surface area contributed by atoms with E-state index in [1.807, 2.05) is 30.3 Å².